The number of amides is 1. The molecule has 0 aliphatic heterocycles. The van der Waals surface area contributed by atoms with Crippen molar-refractivity contribution in [3.63, 3.8) is 0 Å². The largest absolute Gasteiger partial charge is 0.462 e. The monoisotopic (exact) mass is 527 g/mol. The molecule has 2 aromatic heterocycles. The number of rotatable bonds is 13. The van der Waals surface area contributed by atoms with Crippen LogP contribution in [0.4, 0.5) is 10.7 Å². The molecule has 0 aliphatic carbocycles. The van der Waals surface area contributed by atoms with Gasteiger partial charge in [-0.2, -0.15) is 0 Å². The minimum absolute atomic E-state index is 0.123. The van der Waals surface area contributed by atoms with Gasteiger partial charge in [0.15, 0.2) is 11.0 Å². The molecule has 1 aromatic carbocycles. The topological polar surface area (TPSA) is 89.3 Å². The fraction of sp³-hybridized carbons (Fsp3) is 0.385. The van der Waals surface area contributed by atoms with Gasteiger partial charge < -0.3 is 15.0 Å². The predicted molar refractivity (Wildman–Crippen MR) is 148 cm³/mol. The molecule has 0 fully saturated rings. The Morgan fingerprint density at radius 1 is 1.17 bits per heavy atom. The van der Waals surface area contributed by atoms with Gasteiger partial charge in [-0.1, -0.05) is 24.8 Å². The van der Waals surface area contributed by atoms with Gasteiger partial charge in [0.1, 0.15) is 5.00 Å². The number of benzene rings is 1. The summed E-state index contributed by atoms with van der Waals surface area (Å²) >= 11 is 2.68. The lowest BCUT2D eigenvalue weighted by atomic mass is 10.2. The molecule has 3 rings (SSSR count). The smallest absolute Gasteiger partial charge is 0.341 e. The first-order chi connectivity index (χ1) is 17.4. The Hall–Kier alpha value is -3.11. The van der Waals surface area contributed by atoms with E-state index in [0.29, 0.717) is 22.3 Å². The fourth-order valence-electron chi connectivity index (χ4n) is 3.68. The van der Waals surface area contributed by atoms with Crippen molar-refractivity contribution >= 4 is 45.7 Å². The van der Waals surface area contributed by atoms with Crippen LogP contribution in [0.1, 0.15) is 42.9 Å². The highest BCUT2D eigenvalue weighted by Crippen LogP contribution is 2.30. The van der Waals surface area contributed by atoms with Crippen LogP contribution in [0.15, 0.2) is 48.1 Å². The molecule has 1 amide bonds. The zero-order valence-electron chi connectivity index (χ0n) is 21.2. The van der Waals surface area contributed by atoms with E-state index < -0.39 is 5.97 Å². The molecule has 1 N–H and O–H groups in total. The molecule has 0 aliphatic rings. The van der Waals surface area contributed by atoms with Crippen molar-refractivity contribution in [2.45, 2.75) is 45.8 Å². The van der Waals surface area contributed by atoms with Crippen LogP contribution in [0.5, 0.6) is 0 Å². The van der Waals surface area contributed by atoms with Crippen LogP contribution in [0, 0.1) is 0 Å². The number of aromatic nitrogens is 3. The molecule has 192 valence electrons. The number of aryl methyl sites for hydroxylation is 1. The maximum Gasteiger partial charge on any atom is 0.341 e. The number of carbonyl (C=O) groups excluding carboxylic acids is 2. The molecule has 10 heteroatoms. The van der Waals surface area contributed by atoms with E-state index in [1.807, 2.05) is 23.6 Å². The summed E-state index contributed by atoms with van der Waals surface area (Å²) in [5.41, 5.74) is 2.50. The summed E-state index contributed by atoms with van der Waals surface area (Å²) in [4.78, 5) is 28.3. The Bertz CT molecular complexity index is 1180. The zero-order valence-corrected chi connectivity index (χ0v) is 22.9. The second kappa shape index (κ2) is 13.3. The van der Waals surface area contributed by atoms with Crippen LogP contribution in [0.2, 0.25) is 0 Å². The Balaban J connectivity index is 1.73. The summed E-state index contributed by atoms with van der Waals surface area (Å²) in [6, 6.07) is 10.0. The SMILES string of the molecule is C=CCn1c(SCC(=O)Nc2sc(CC)cc2C(=O)OCC)nnc1-c1ccc(N(CC)CC)cc1. The summed E-state index contributed by atoms with van der Waals surface area (Å²) < 4.78 is 7.08. The molecule has 0 spiro atoms. The predicted octanol–water partition coefficient (Wildman–Crippen LogP) is 5.51. The highest BCUT2D eigenvalue weighted by Gasteiger charge is 2.20. The van der Waals surface area contributed by atoms with E-state index in [0.717, 1.165) is 41.5 Å². The second-order valence-electron chi connectivity index (χ2n) is 7.79. The van der Waals surface area contributed by atoms with Gasteiger partial charge in [0.25, 0.3) is 0 Å². The molecular weight excluding hydrogens is 494 g/mol. The number of thioether (sulfide) groups is 1. The van der Waals surface area contributed by atoms with Crippen molar-refractivity contribution in [2.24, 2.45) is 0 Å². The number of nitrogens with zero attached hydrogens (tertiary/aromatic N) is 4. The van der Waals surface area contributed by atoms with Crippen molar-refractivity contribution in [3.05, 3.63) is 53.4 Å². The van der Waals surface area contributed by atoms with Gasteiger partial charge in [0.2, 0.25) is 5.91 Å². The van der Waals surface area contributed by atoms with Crippen molar-refractivity contribution in [3.8, 4) is 11.4 Å². The molecule has 0 unspecified atom stereocenters. The van der Waals surface area contributed by atoms with E-state index in [1.165, 1.54) is 23.1 Å². The number of hydrogen-bond acceptors (Lipinski definition) is 8. The van der Waals surface area contributed by atoms with E-state index in [9.17, 15) is 9.59 Å². The molecule has 3 aromatic rings. The molecule has 0 saturated carbocycles. The quantitative estimate of drug-likeness (QED) is 0.178. The first kappa shape index (κ1) is 27.5. The van der Waals surface area contributed by atoms with Crippen LogP contribution in [0.25, 0.3) is 11.4 Å². The number of esters is 1. The van der Waals surface area contributed by atoms with Gasteiger partial charge in [-0.25, -0.2) is 4.79 Å². The van der Waals surface area contributed by atoms with Crippen LogP contribution < -0.4 is 10.2 Å². The highest BCUT2D eigenvalue weighted by molar-refractivity contribution is 7.99. The Morgan fingerprint density at radius 3 is 2.50 bits per heavy atom. The number of ether oxygens (including phenoxy) is 1. The first-order valence-electron chi connectivity index (χ1n) is 12.1. The van der Waals surface area contributed by atoms with Crippen LogP contribution >= 0.6 is 23.1 Å². The average Bonchev–Trinajstić information content (AvgIpc) is 3.48. The number of nitrogens with one attached hydrogen (secondary N) is 1. The lowest BCUT2D eigenvalue weighted by Gasteiger charge is -2.21. The number of hydrogen-bond donors (Lipinski definition) is 1. The van der Waals surface area contributed by atoms with Gasteiger partial charge in [0, 0.05) is 35.8 Å². The van der Waals surface area contributed by atoms with Crippen molar-refractivity contribution < 1.29 is 14.3 Å². The van der Waals surface area contributed by atoms with E-state index in [4.69, 9.17) is 4.74 Å². The fourth-order valence-corrected chi connectivity index (χ4v) is 5.42. The third kappa shape index (κ3) is 6.55. The van der Waals surface area contributed by atoms with Crippen LogP contribution in [0.3, 0.4) is 0 Å². The van der Waals surface area contributed by atoms with Crippen molar-refractivity contribution in [1.29, 1.82) is 0 Å². The lowest BCUT2D eigenvalue weighted by Crippen LogP contribution is -2.21. The maximum atomic E-state index is 12.8. The van der Waals surface area contributed by atoms with Gasteiger partial charge in [-0.3, -0.25) is 9.36 Å². The number of carbonyl (C=O) groups is 2. The number of anilines is 2. The summed E-state index contributed by atoms with van der Waals surface area (Å²) in [7, 11) is 0. The number of allylic oxidation sites excluding steroid dienone is 1. The van der Waals surface area contributed by atoms with Crippen LogP contribution in [-0.4, -0.2) is 52.1 Å². The minimum atomic E-state index is -0.432. The Kier molecular flexibility index (Phi) is 10.1. The molecule has 0 atom stereocenters. The summed E-state index contributed by atoms with van der Waals surface area (Å²) in [5, 5.41) is 12.7. The first-order valence-corrected chi connectivity index (χ1v) is 13.9. The van der Waals surface area contributed by atoms with Crippen LogP contribution in [-0.2, 0) is 22.5 Å². The van der Waals surface area contributed by atoms with E-state index in [1.54, 1.807) is 19.1 Å². The highest BCUT2D eigenvalue weighted by atomic mass is 32.2. The van der Waals surface area contributed by atoms with E-state index >= 15 is 0 Å². The molecule has 2 heterocycles. The molecule has 0 bridgehead atoms. The van der Waals surface area contributed by atoms with Gasteiger partial charge in [-0.05, 0) is 57.5 Å². The van der Waals surface area contributed by atoms with Crippen molar-refractivity contribution in [2.75, 3.05) is 35.7 Å². The van der Waals surface area contributed by atoms with Gasteiger partial charge in [0.05, 0.1) is 17.9 Å². The van der Waals surface area contributed by atoms with E-state index in [2.05, 4.69) is 53.0 Å². The molecule has 8 nitrogen and oxygen atoms in total. The molecule has 0 radical (unpaired) electrons. The summed E-state index contributed by atoms with van der Waals surface area (Å²) in [6.45, 7) is 14.6. The minimum Gasteiger partial charge on any atom is -0.462 e. The van der Waals surface area contributed by atoms with E-state index in [-0.39, 0.29) is 18.3 Å². The van der Waals surface area contributed by atoms with Crippen molar-refractivity contribution in [1.82, 2.24) is 14.8 Å². The standard InChI is InChI=1S/C26H33N5O3S2/c1-6-15-31-23(18-11-13-19(14-12-18)30(8-3)9-4)28-29-26(31)35-17-22(32)27-24-21(25(33)34-10-5)16-20(7-2)36-24/h6,11-14,16H,1,7-10,15,17H2,2-5H3,(H,27,32). The summed E-state index contributed by atoms with van der Waals surface area (Å²) in [6.07, 6.45) is 2.55. The normalized spacial score (nSPS) is 10.8. The lowest BCUT2D eigenvalue weighted by molar-refractivity contribution is -0.113. The molecular formula is C26H33N5O3S2. The zero-order chi connectivity index (χ0) is 26.1. The molecule has 36 heavy (non-hydrogen) atoms. The third-order valence-electron chi connectivity index (χ3n) is 5.49. The second-order valence-corrected chi connectivity index (χ2v) is 9.87. The maximum absolute atomic E-state index is 12.8. The third-order valence-corrected chi connectivity index (χ3v) is 7.66. The average molecular weight is 528 g/mol. The Morgan fingerprint density at radius 2 is 1.89 bits per heavy atom. The molecule has 0 saturated heterocycles. The van der Waals surface area contributed by atoms with Gasteiger partial charge >= 0.3 is 5.97 Å². The Labute approximate surface area is 220 Å². The summed E-state index contributed by atoms with van der Waals surface area (Å²) in [5.74, 6) is 0.184. The van der Waals surface area contributed by atoms with Gasteiger partial charge in [-0.15, -0.1) is 28.1 Å². The number of thiophene rings is 1.